The van der Waals surface area contributed by atoms with Crippen LogP contribution in [0.5, 0.6) is 0 Å². The maximum absolute atomic E-state index is 7.20. The predicted octanol–water partition coefficient (Wildman–Crippen LogP) is 0.852. The fourth-order valence-corrected chi connectivity index (χ4v) is 1.09. The minimum absolute atomic E-state index is 0. The van der Waals surface area contributed by atoms with Crippen molar-refractivity contribution in [2.24, 2.45) is 11.5 Å². The molecule has 0 heterocycles. The normalized spacial score (nSPS) is 10.9. The lowest BCUT2D eigenvalue weighted by atomic mass is 10.1. The Balaban J connectivity index is 0. The van der Waals surface area contributed by atoms with Crippen LogP contribution < -0.4 is 11.5 Å². The second-order valence-electron chi connectivity index (χ2n) is 2.86. The molecule has 0 saturated carbocycles. The van der Waals surface area contributed by atoms with Crippen molar-refractivity contribution in [3.8, 4) is 0 Å². The van der Waals surface area contributed by atoms with Gasteiger partial charge in [-0.3, -0.25) is 15.7 Å². The molecule has 0 spiro atoms. The number of allylic oxidation sites excluding steroid dienone is 1. The molecule has 14 heavy (non-hydrogen) atoms. The lowest BCUT2D eigenvalue weighted by Gasteiger charge is -2.27. The van der Waals surface area contributed by atoms with Crippen molar-refractivity contribution in [3.05, 3.63) is 12.7 Å². The van der Waals surface area contributed by atoms with Gasteiger partial charge in [-0.1, -0.05) is 6.08 Å². The van der Waals surface area contributed by atoms with Crippen molar-refractivity contribution in [1.82, 2.24) is 4.90 Å². The third-order valence-electron chi connectivity index (χ3n) is 1.75. The second kappa shape index (κ2) is 7.20. The summed E-state index contributed by atoms with van der Waals surface area (Å²) in [5.41, 5.74) is 10.5. The third kappa shape index (κ3) is 4.71. The Bertz CT molecular complexity index is 202. The molecule has 0 saturated heterocycles. The molecule has 0 fully saturated rings. The molecule has 6 heteroatoms. The van der Waals surface area contributed by atoms with E-state index in [2.05, 4.69) is 6.58 Å². The SMILES string of the molecule is C=CCCC(C)N(C(=N)N)C(=N)N.Cl. The van der Waals surface area contributed by atoms with Crippen molar-refractivity contribution < 1.29 is 0 Å². The van der Waals surface area contributed by atoms with Gasteiger partial charge < -0.3 is 11.5 Å². The van der Waals surface area contributed by atoms with Crippen LogP contribution in [0.2, 0.25) is 0 Å². The van der Waals surface area contributed by atoms with E-state index in [9.17, 15) is 0 Å². The number of hydrogen-bond acceptors (Lipinski definition) is 2. The van der Waals surface area contributed by atoms with Crippen molar-refractivity contribution in [2.75, 3.05) is 0 Å². The van der Waals surface area contributed by atoms with Crippen LogP contribution in [-0.2, 0) is 0 Å². The van der Waals surface area contributed by atoms with E-state index in [0.717, 1.165) is 12.8 Å². The van der Waals surface area contributed by atoms with E-state index in [1.807, 2.05) is 6.92 Å². The third-order valence-corrected chi connectivity index (χ3v) is 1.75. The first kappa shape index (κ1) is 15.3. The molecule has 0 aliphatic rings. The highest BCUT2D eigenvalue weighted by Crippen LogP contribution is 2.05. The number of rotatable bonds is 4. The van der Waals surface area contributed by atoms with Crippen molar-refractivity contribution in [1.29, 1.82) is 10.8 Å². The Hall–Kier alpha value is -1.23. The molecule has 6 N–H and O–H groups in total. The van der Waals surface area contributed by atoms with E-state index in [1.165, 1.54) is 4.90 Å². The summed E-state index contributed by atoms with van der Waals surface area (Å²) in [5.74, 6) is -0.381. The van der Waals surface area contributed by atoms with Gasteiger partial charge in [-0.2, -0.15) is 0 Å². The zero-order chi connectivity index (χ0) is 10.4. The van der Waals surface area contributed by atoms with Crippen LogP contribution in [0.15, 0.2) is 12.7 Å². The molecule has 1 unspecified atom stereocenters. The van der Waals surface area contributed by atoms with E-state index in [4.69, 9.17) is 22.3 Å². The Morgan fingerprint density at radius 2 is 1.86 bits per heavy atom. The van der Waals surface area contributed by atoms with Crippen molar-refractivity contribution >= 4 is 24.3 Å². The molecule has 0 aliphatic carbocycles. The van der Waals surface area contributed by atoms with E-state index >= 15 is 0 Å². The van der Waals surface area contributed by atoms with Crippen LogP contribution in [0.3, 0.4) is 0 Å². The Morgan fingerprint density at radius 3 is 2.14 bits per heavy atom. The first-order valence-corrected chi connectivity index (χ1v) is 4.08. The molecule has 0 aromatic carbocycles. The molecular weight excluding hydrogens is 202 g/mol. The maximum atomic E-state index is 7.20. The molecule has 1 atom stereocenters. The number of hydrogen-bond donors (Lipinski definition) is 4. The number of nitrogens with zero attached hydrogens (tertiary/aromatic N) is 1. The average Bonchev–Trinajstić information content (AvgIpc) is 1.99. The van der Waals surface area contributed by atoms with Gasteiger partial charge in [0.1, 0.15) is 0 Å². The van der Waals surface area contributed by atoms with Gasteiger partial charge in [0.15, 0.2) is 11.9 Å². The molecule has 0 rings (SSSR count). The summed E-state index contributed by atoms with van der Waals surface area (Å²) in [7, 11) is 0. The molecule has 0 aliphatic heterocycles. The lowest BCUT2D eigenvalue weighted by molar-refractivity contribution is 0.428. The van der Waals surface area contributed by atoms with Crippen LogP contribution in [-0.4, -0.2) is 22.9 Å². The van der Waals surface area contributed by atoms with E-state index in [1.54, 1.807) is 6.08 Å². The minimum atomic E-state index is -0.191. The topological polar surface area (TPSA) is 103 Å². The maximum Gasteiger partial charge on any atom is 0.195 e. The quantitative estimate of drug-likeness (QED) is 0.320. The molecule has 82 valence electrons. The van der Waals surface area contributed by atoms with Gasteiger partial charge >= 0.3 is 0 Å². The Morgan fingerprint density at radius 1 is 1.43 bits per heavy atom. The number of nitrogens with one attached hydrogen (secondary N) is 2. The second-order valence-corrected chi connectivity index (χ2v) is 2.86. The lowest BCUT2D eigenvalue weighted by Crippen LogP contribution is -2.49. The molecule has 0 aromatic heterocycles. The number of halogens is 1. The van der Waals surface area contributed by atoms with E-state index < -0.39 is 0 Å². The van der Waals surface area contributed by atoms with Gasteiger partial charge in [0.2, 0.25) is 0 Å². The molecule has 0 bridgehead atoms. The standard InChI is InChI=1S/C8H17N5.ClH/c1-3-4-5-6(2)13(7(9)10)8(11)12;/h3,6H,1,4-5H2,2H3,(H3,9,10)(H3,11,12);1H. The van der Waals surface area contributed by atoms with Crippen LogP contribution in [0.25, 0.3) is 0 Å². The van der Waals surface area contributed by atoms with E-state index in [0.29, 0.717) is 0 Å². The highest BCUT2D eigenvalue weighted by Gasteiger charge is 2.16. The largest absolute Gasteiger partial charge is 0.370 e. The van der Waals surface area contributed by atoms with Crippen LogP contribution in [0, 0.1) is 10.8 Å². The fourth-order valence-electron chi connectivity index (χ4n) is 1.09. The molecule has 0 aromatic rings. The summed E-state index contributed by atoms with van der Waals surface area (Å²) >= 11 is 0. The Kier molecular flexibility index (Phi) is 7.84. The first-order chi connectivity index (χ1) is 6.00. The zero-order valence-electron chi connectivity index (χ0n) is 8.29. The van der Waals surface area contributed by atoms with Gasteiger partial charge in [0.05, 0.1) is 0 Å². The van der Waals surface area contributed by atoms with Crippen molar-refractivity contribution in [2.45, 2.75) is 25.8 Å². The summed E-state index contributed by atoms with van der Waals surface area (Å²) in [6, 6.07) is -0.0343. The summed E-state index contributed by atoms with van der Waals surface area (Å²) in [4.78, 5) is 1.28. The predicted molar refractivity (Wildman–Crippen MR) is 61.8 cm³/mol. The summed E-state index contributed by atoms with van der Waals surface area (Å²) in [6.07, 6.45) is 3.38. The van der Waals surface area contributed by atoms with Crippen LogP contribution in [0.1, 0.15) is 19.8 Å². The van der Waals surface area contributed by atoms with Crippen LogP contribution >= 0.6 is 12.4 Å². The van der Waals surface area contributed by atoms with Gasteiger partial charge in [-0.05, 0) is 19.8 Å². The fraction of sp³-hybridized carbons (Fsp3) is 0.500. The molecule has 0 radical (unpaired) electrons. The van der Waals surface area contributed by atoms with Gasteiger partial charge in [0.25, 0.3) is 0 Å². The first-order valence-electron chi connectivity index (χ1n) is 4.08. The molecule has 0 amide bonds. The summed E-state index contributed by atoms with van der Waals surface area (Å²) in [5, 5.41) is 14.4. The highest BCUT2D eigenvalue weighted by atomic mass is 35.5. The zero-order valence-corrected chi connectivity index (χ0v) is 9.10. The Labute approximate surface area is 90.6 Å². The van der Waals surface area contributed by atoms with E-state index in [-0.39, 0.29) is 30.4 Å². The van der Waals surface area contributed by atoms with Crippen molar-refractivity contribution in [3.63, 3.8) is 0 Å². The van der Waals surface area contributed by atoms with Gasteiger partial charge in [0, 0.05) is 6.04 Å². The minimum Gasteiger partial charge on any atom is -0.370 e. The molecular formula is C8H18ClN5. The van der Waals surface area contributed by atoms with Gasteiger partial charge in [-0.15, -0.1) is 19.0 Å². The number of nitrogens with two attached hydrogens (primary N) is 2. The number of guanidine groups is 2. The smallest absolute Gasteiger partial charge is 0.195 e. The summed E-state index contributed by atoms with van der Waals surface area (Å²) < 4.78 is 0. The molecule has 5 nitrogen and oxygen atoms in total. The highest BCUT2D eigenvalue weighted by molar-refractivity contribution is 5.94. The average molecular weight is 220 g/mol. The van der Waals surface area contributed by atoms with Gasteiger partial charge in [-0.25, -0.2) is 0 Å². The summed E-state index contributed by atoms with van der Waals surface area (Å²) in [6.45, 7) is 5.46. The monoisotopic (exact) mass is 219 g/mol. The van der Waals surface area contributed by atoms with Crippen LogP contribution in [0.4, 0.5) is 0 Å².